The number of morpholine rings is 1. The summed E-state index contributed by atoms with van der Waals surface area (Å²) in [7, 11) is 0. The fourth-order valence-electron chi connectivity index (χ4n) is 2.47. The van der Waals surface area contributed by atoms with Gasteiger partial charge in [0.1, 0.15) is 0 Å². The van der Waals surface area contributed by atoms with Crippen molar-refractivity contribution in [1.29, 1.82) is 0 Å². The second kappa shape index (κ2) is 5.57. The highest BCUT2D eigenvalue weighted by Gasteiger charge is 2.19. The zero-order chi connectivity index (χ0) is 12.4. The van der Waals surface area contributed by atoms with Gasteiger partial charge in [0.25, 0.3) is 0 Å². The Balaban J connectivity index is 1.60. The molecule has 0 spiro atoms. The number of nitrogens with one attached hydrogen (secondary N) is 1. The van der Waals surface area contributed by atoms with Crippen LogP contribution < -0.4 is 10.4 Å². The Morgan fingerprint density at radius 3 is 2.89 bits per heavy atom. The van der Waals surface area contributed by atoms with E-state index in [1.807, 2.05) is 0 Å². The summed E-state index contributed by atoms with van der Waals surface area (Å²) in [6.45, 7) is 6.89. The lowest BCUT2D eigenvalue weighted by Crippen LogP contribution is -2.43. The minimum absolute atomic E-state index is 0.871. The SMILES string of the molecule is Brc1ccc2c(c1)N(CCN1CCOCC1)NC2. The lowest BCUT2D eigenvalue weighted by atomic mass is 10.2. The summed E-state index contributed by atoms with van der Waals surface area (Å²) in [5.41, 5.74) is 6.12. The van der Waals surface area contributed by atoms with Gasteiger partial charge in [-0.2, -0.15) is 0 Å². The van der Waals surface area contributed by atoms with Crippen molar-refractivity contribution in [3.05, 3.63) is 28.2 Å². The quantitative estimate of drug-likeness (QED) is 0.918. The van der Waals surface area contributed by atoms with E-state index >= 15 is 0 Å². The van der Waals surface area contributed by atoms with Gasteiger partial charge in [0, 0.05) is 37.2 Å². The van der Waals surface area contributed by atoms with E-state index < -0.39 is 0 Å². The highest BCUT2D eigenvalue weighted by atomic mass is 79.9. The Hall–Kier alpha value is -0.620. The molecule has 0 amide bonds. The van der Waals surface area contributed by atoms with Gasteiger partial charge >= 0.3 is 0 Å². The number of fused-ring (bicyclic) bond motifs is 1. The first-order valence-corrected chi connectivity index (χ1v) is 7.22. The largest absolute Gasteiger partial charge is 0.379 e. The summed E-state index contributed by atoms with van der Waals surface area (Å²) in [5.74, 6) is 0. The molecule has 2 heterocycles. The Kier molecular flexibility index (Phi) is 3.84. The predicted molar refractivity (Wildman–Crippen MR) is 75.6 cm³/mol. The highest BCUT2D eigenvalue weighted by molar-refractivity contribution is 9.10. The number of ether oxygens (including phenoxy) is 1. The molecule has 3 rings (SSSR count). The van der Waals surface area contributed by atoms with Crippen molar-refractivity contribution in [2.24, 2.45) is 0 Å². The molecule has 0 atom stereocenters. The topological polar surface area (TPSA) is 27.7 Å². The van der Waals surface area contributed by atoms with Crippen molar-refractivity contribution >= 4 is 21.6 Å². The smallest absolute Gasteiger partial charge is 0.0594 e. The van der Waals surface area contributed by atoms with Gasteiger partial charge in [0.05, 0.1) is 18.9 Å². The number of halogens is 1. The maximum absolute atomic E-state index is 5.37. The van der Waals surface area contributed by atoms with E-state index in [0.29, 0.717) is 0 Å². The van der Waals surface area contributed by atoms with Gasteiger partial charge in [-0.25, -0.2) is 5.43 Å². The summed E-state index contributed by atoms with van der Waals surface area (Å²) in [5, 5.41) is 2.26. The second-order valence-corrected chi connectivity index (χ2v) is 5.63. The van der Waals surface area contributed by atoms with Crippen LogP contribution in [0.2, 0.25) is 0 Å². The third-order valence-corrected chi connectivity index (χ3v) is 4.04. The summed E-state index contributed by atoms with van der Waals surface area (Å²) < 4.78 is 6.51. The van der Waals surface area contributed by atoms with Gasteiger partial charge in [0.15, 0.2) is 0 Å². The molecule has 0 saturated carbocycles. The average molecular weight is 312 g/mol. The normalized spacial score (nSPS) is 20.2. The molecule has 2 aliphatic rings. The van der Waals surface area contributed by atoms with Gasteiger partial charge in [0.2, 0.25) is 0 Å². The molecule has 1 N–H and O–H groups in total. The van der Waals surface area contributed by atoms with Crippen LogP contribution in [0.1, 0.15) is 5.56 Å². The van der Waals surface area contributed by atoms with E-state index in [1.54, 1.807) is 0 Å². The van der Waals surface area contributed by atoms with Crippen molar-refractivity contribution in [3.8, 4) is 0 Å². The van der Waals surface area contributed by atoms with E-state index in [-0.39, 0.29) is 0 Å². The molecule has 0 unspecified atom stereocenters. The standard InChI is InChI=1S/C13H18BrN3O/c14-12-2-1-11-10-15-17(13(11)9-12)4-3-16-5-7-18-8-6-16/h1-2,9,15H,3-8,10H2. The Morgan fingerprint density at radius 2 is 2.06 bits per heavy atom. The van der Waals surface area contributed by atoms with E-state index in [2.05, 4.69) is 49.5 Å². The maximum Gasteiger partial charge on any atom is 0.0594 e. The molecular weight excluding hydrogens is 294 g/mol. The van der Waals surface area contributed by atoms with Crippen molar-refractivity contribution < 1.29 is 4.74 Å². The maximum atomic E-state index is 5.37. The molecule has 0 aromatic heterocycles. The van der Waals surface area contributed by atoms with Crippen LogP contribution in [0.4, 0.5) is 5.69 Å². The van der Waals surface area contributed by atoms with Gasteiger partial charge < -0.3 is 9.75 Å². The molecule has 1 aromatic carbocycles. The molecular formula is C13H18BrN3O. The Morgan fingerprint density at radius 1 is 1.22 bits per heavy atom. The number of hydrazine groups is 1. The molecule has 1 fully saturated rings. The van der Waals surface area contributed by atoms with Crippen LogP contribution in [0.5, 0.6) is 0 Å². The van der Waals surface area contributed by atoms with Crippen molar-refractivity contribution in [3.63, 3.8) is 0 Å². The van der Waals surface area contributed by atoms with Crippen LogP contribution >= 0.6 is 15.9 Å². The number of anilines is 1. The molecule has 0 radical (unpaired) electrons. The zero-order valence-electron chi connectivity index (χ0n) is 10.4. The van der Waals surface area contributed by atoms with Crippen LogP contribution in [-0.2, 0) is 11.3 Å². The summed E-state index contributed by atoms with van der Waals surface area (Å²) in [6, 6.07) is 6.47. The molecule has 5 heteroatoms. The number of benzene rings is 1. The summed E-state index contributed by atoms with van der Waals surface area (Å²) >= 11 is 3.54. The van der Waals surface area contributed by atoms with Crippen LogP contribution in [0.25, 0.3) is 0 Å². The van der Waals surface area contributed by atoms with Gasteiger partial charge in [-0.3, -0.25) is 4.90 Å². The molecule has 1 aromatic rings. The van der Waals surface area contributed by atoms with Crippen LogP contribution in [0.3, 0.4) is 0 Å². The predicted octanol–water partition coefficient (Wildman–Crippen LogP) is 1.61. The van der Waals surface area contributed by atoms with Gasteiger partial charge in [-0.15, -0.1) is 0 Å². The summed E-state index contributed by atoms with van der Waals surface area (Å²) in [6.07, 6.45) is 0. The third kappa shape index (κ3) is 2.69. The zero-order valence-corrected chi connectivity index (χ0v) is 11.9. The second-order valence-electron chi connectivity index (χ2n) is 4.71. The van der Waals surface area contributed by atoms with E-state index in [9.17, 15) is 0 Å². The fourth-order valence-corrected chi connectivity index (χ4v) is 2.82. The van der Waals surface area contributed by atoms with Gasteiger partial charge in [-0.1, -0.05) is 22.0 Å². The first-order chi connectivity index (χ1) is 8.83. The number of hydrogen-bond donors (Lipinski definition) is 1. The van der Waals surface area contributed by atoms with E-state index in [0.717, 1.165) is 50.4 Å². The molecule has 98 valence electrons. The summed E-state index contributed by atoms with van der Waals surface area (Å²) in [4.78, 5) is 2.46. The Labute approximate surface area is 116 Å². The average Bonchev–Trinajstić information content (AvgIpc) is 2.80. The molecule has 18 heavy (non-hydrogen) atoms. The number of hydrogen-bond acceptors (Lipinski definition) is 4. The van der Waals surface area contributed by atoms with Crippen molar-refractivity contribution in [2.45, 2.75) is 6.54 Å². The lowest BCUT2D eigenvalue weighted by molar-refractivity contribution is 0.0390. The van der Waals surface area contributed by atoms with E-state index in [1.165, 1.54) is 11.3 Å². The Bertz CT molecular complexity index is 421. The lowest BCUT2D eigenvalue weighted by Gasteiger charge is -2.29. The first-order valence-electron chi connectivity index (χ1n) is 6.42. The third-order valence-electron chi connectivity index (χ3n) is 3.54. The highest BCUT2D eigenvalue weighted by Crippen LogP contribution is 2.28. The fraction of sp³-hybridized carbons (Fsp3) is 0.538. The van der Waals surface area contributed by atoms with E-state index in [4.69, 9.17) is 4.74 Å². The number of rotatable bonds is 3. The molecule has 0 bridgehead atoms. The minimum Gasteiger partial charge on any atom is -0.379 e. The molecule has 2 aliphatic heterocycles. The van der Waals surface area contributed by atoms with Crippen molar-refractivity contribution in [1.82, 2.24) is 10.3 Å². The minimum atomic E-state index is 0.871. The number of nitrogens with zero attached hydrogens (tertiary/aromatic N) is 2. The molecule has 1 saturated heterocycles. The van der Waals surface area contributed by atoms with Crippen LogP contribution in [0, 0.1) is 0 Å². The van der Waals surface area contributed by atoms with Crippen LogP contribution in [-0.4, -0.2) is 44.3 Å². The molecule has 4 nitrogen and oxygen atoms in total. The van der Waals surface area contributed by atoms with Crippen LogP contribution in [0.15, 0.2) is 22.7 Å². The van der Waals surface area contributed by atoms with Gasteiger partial charge in [-0.05, 0) is 17.7 Å². The molecule has 0 aliphatic carbocycles. The van der Waals surface area contributed by atoms with Crippen molar-refractivity contribution in [2.75, 3.05) is 44.4 Å². The first kappa shape index (κ1) is 12.4. The monoisotopic (exact) mass is 311 g/mol.